The highest BCUT2D eigenvalue weighted by molar-refractivity contribution is 6.02. The smallest absolute Gasteiger partial charge is 0.410 e. The van der Waals surface area contributed by atoms with Gasteiger partial charge in [-0.3, -0.25) is 9.69 Å². The van der Waals surface area contributed by atoms with Crippen molar-refractivity contribution < 1.29 is 29.0 Å². The second-order valence-electron chi connectivity index (χ2n) is 10.8. The normalized spacial score (nSPS) is 18.3. The van der Waals surface area contributed by atoms with Gasteiger partial charge in [0.2, 0.25) is 0 Å². The number of likely N-dealkylation sites (N-methyl/N-ethyl adjacent to an activating group) is 1. The zero-order chi connectivity index (χ0) is 27.6. The van der Waals surface area contributed by atoms with Crippen LogP contribution in [0.4, 0.5) is 10.5 Å². The molecule has 2 amide bonds. The van der Waals surface area contributed by atoms with Crippen LogP contribution in [0.25, 0.3) is 0 Å². The SMILES string of the molecule is CCOC(=O)c1ccc2c(c1)N(C)CCN(CC(O)C1Cc3ccccc3CN1C(=O)OC(C)(C)C)C2=O. The molecule has 1 N–H and O–H groups in total. The standard InChI is InChI=1S/C29H37N3O6/c1-6-37-27(35)20-11-12-22-23(16-20)30(5)13-14-31(26(22)34)18-25(33)24-15-19-9-7-8-10-21(19)17-32(24)28(36)38-29(2,3)4/h7-12,16,24-25,33H,6,13-15,17-18H2,1-5H3. The average Bonchev–Trinajstić information content (AvgIpc) is 2.98. The quantitative estimate of drug-likeness (QED) is 0.599. The monoisotopic (exact) mass is 523 g/mol. The van der Waals surface area contributed by atoms with Crippen LogP contribution in [0, 0.1) is 0 Å². The summed E-state index contributed by atoms with van der Waals surface area (Å²) in [6, 6.07) is 12.2. The van der Waals surface area contributed by atoms with Crippen LogP contribution in [-0.4, -0.2) is 83.9 Å². The van der Waals surface area contributed by atoms with Gasteiger partial charge in [-0.25, -0.2) is 9.59 Å². The van der Waals surface area contributed by atoms with Crippen LogP contribution >= 0.6 is 0 Å². The zero-order valence-corrected chi connectivity index (χ0v) is 22.8. The van der Waals surface area contributed by atoms with Crippen LogP contribution in [0.1, 0.15) is 59.5 Å². The number of anilines is 1. The molecular weight excluding hydrogens is 486 g/mol. The molecule has 2 atom stereocenters. The fourth-order valence-corrected chi connectivity index (χ4v) is 4.97. The largest absolute Gasteiger partial charge is 0.462 e. The van der Waals surface area contributed by atoms with Gasteiger partial charge in [0.25, 0.3) is 5.91 Å². The maximum atomic E-state index is 13.6. The van der Waals surface area contributed by atoms with Crippen LogP contribution < -0.4 is 4.90 Å². The van der Waals surface area contributed by atoms with E-state index in [-0.39, 0.29) is 19.1 Å². The van der Waals surface area contributed by atoms with Crippen LogP contribution in [0.5, 0.6) is 0 Å². The first-order valence-electron chi connectivity index (χ1n) is 13.0. The van der Waals surface area contributed by atoms with E-state index in [1.165, 1.54) is 0 Å². The number of aliphatic hydroxyl groups is 1. The lowest BCUT2D eigenvalue weighted by Gasteiger charge is -2.41. The van der Waals surface area contributed by atoms with Crippen molar-refractivity contribution in [1.29, 1.82) is 0 Å². The molecule has 2 aliphatic rings. The Balaban J connectivity index is 1.57. The number of fused-ring (bicyclic) bond motifs is 2. The number of aliphatic hydroxyl groups excluding tert-OH is 1. The molecule has 204 valence electrons. The van der Waals surface area contributed by atoms with E-state index < -0.39 is 29.8 Å². The maximum absolute atomic E-state index is 13.6. The van der Waals surface area contributed by atoms with Crippen molar-refractivity contribution in [2.45, 2.75) is 58.4 Å². The Labute approximate surface area is 223 Å². The van der Waals surface area contributed by atoms with E-state index in [1.54, 1.807) is 34.9 Å². The molecule has 2 aromatic carbocycles. The minimum absolute atomic E-state index is 0.0534. The van der Waals surface area contributed by atoms with Gasteiger partial charge in [-0.15, -0.1) is 0 Å². The van der Waals surface area contributed by atoms with Gasteiger partial charge in [0.05, 0.1) is 35.6 Å². The molecule has 4 rings (SSSR count). The Hall–Kier alpha value is -3.59. The summed E-state index contributed by atoms with van der Waals surface area (Å²) in [5, 5.41) is 11.5. The van der Waals surface area contributed by atoms with E-state index in [2.05, 4.69) is 0 Å². The van der Waals surface area contributed by atoms with E-state index in [0.29, 0.717) is 42.9 Å². The molecule has 0 fully saturated rings. The Morgan fingerprint density at radius 1 is 1.11 bits per heavy atom. The summed E-state index contributed by atoms with van der Waals surface area (Å²) >= 11 is 0. The van der Waals surface area contributed by atoms with Crippen LogP contribution in [0.3, 0.4) is 0 Å². The molecule has 0 aromatic heterocycles. The molecule has 0 spiro atoms. The highest BCUT2D eigenvalue weighted by atomic mass is 16.6. The molecular formula is C29H37N3O6. The van der Waals surface area contributed by atoms with Crippen molar-refractivity contribution in [3.05, 3.63) is 64.7 Å². The number of benzene rings is 2. The summed E-state index contributed by atoms with van der Waals surface area (Å²) in [6.45, 7) is 8.72. The third-order valence-corrected chi connectivity index (χ3v) is 6.91. The van der Waals surface area contributed by atoms with Crippen molar-refractivity contribution in [2.75, 3.05) is 38.2 Å². The van der Waals surface area contributed by atoms with Gasteiger partial charge in [-0.2, -0.15) is 0 Å². The van der Waals surface area contributed by atoms with Gasteiger partial charge in [0.1, 0.15) is 5.60 Å². The molecule has 0 bridgehead atoms. The number of amides is 2. The molecule has 9 heteroatoms. The van der Waals surface area contributed by atoms with Gasteiger partial charge in [0, 0.05) is 33.2 Å². The number of carbonyl (C=O) groups is 3. The van der Waals surface area contributed by atoms with Crippen LogP contribution in [-0.2, 0) is 22.4 Å². The van der Waals surface area contributed by atoms with Crippen molar-refractivity contribution in [2.24, 2.45) is 0 Å². The number of β-amino-alcohol motifs (C(OH)–C–C–N with tert-alkyl or cyclic N) is 1. The molecule has 0 saturated heterocycles. The highest BCUT2D eigenvalue weighted by Gasteiger charge is 2.38. The summed E-state index contributed by atoms with van der Waals surface area (Å²) in [5.41, 5.74) is 2.87. The molecule has 9 nitrogen and oxygen atoms in total. The molecule has 0 saturated carbocycles. The Morgan fingerprint density at radius 3 is 2.50 bits per heavy atom. The summed E-state index contributed by atoms with van der Waals surface area (Å²) in [6.07, 6.45) is -1.03. The second kappa shape index (κ2) is 11.0. The Morgan fingerprint density at radius 2 is 1.82 bits per heavy atom. The van der Waals surface area contributed by atoms with E-state index in [4.69, 9.17) is 9.47 Å². The van der Waals surface area contributed by atoms with Crippen molar-refractivity contribution in [1.82, 2.24) is 9.80 Å². The fourth-order valence-electron chi connectivity index (χ4n) is 4.97. The lowest BCUT2D eigenvalue weighted by atomic mass is 9.91. The highest BCUT2D eigenvalue weighted by Crippen LogP contribution is 2.29. The fraction of sp³-hybridized carbons (Fsp3) is 0.483. The van der Waals surface area contributed by atoms with Crippen molar-refractivity contribution in [3.8, 4) is 0 Å². The van der Waals surface area contributed by atoms with Crippen LogP contribution in [0.2, 0.25) is 0 Å². The van der Waals surface area contributed by atoms with E-state index >= 15 is 0 Å². The molecule has 2 aromatic rings. The number of hydrogen-bond acceptors (Lipinski definition) is 7. The third kappa shape index (κ3) is 5.93. The van der Waals surface area contributed by atoms with Gasteiger partial charge < -0.3 is 24.4 Å². The predicted molar refractivity (Wildman–Crippen MR) is 143 cm³/mol. The van der Waals surface area contributed by atoms with Gasteiger partial charge in [-0.05, 0) is 63.4 Å². The van der Waals surface area contributed by atoms with Gasteiger partial charge in [0.15, 0.2) is 0 Å². The lowest BCUT2D eigenvalue weighted by molar-refractivity contribution is -0.0176. The van der Waals surface area contributed by atoms with E-state index in [9.17, 15) is 19.5 Å². The van der Waals surface area contributed by atoms with Gasteiger partial charge >= 0.3 is 12.1 Å². The first-order valence-corrected chi connectivity index (χ1v) is 13.0. The second-order valence-corrected chi connectivity index (χ2v) is 10.8. The Bertz CT molecular complexity index is 1210. The average molecular weight is 524 g/mol. The molecule has 0 aliphatic carbocycles. The van der Waals surface area contributed by atoms with E-state index in [0.717, 1.165) is 11.1 Å². The van der Waals surface area contributed by atoms with Crippen molar-refractivity contribution >= 4 is 23.7 Å². The minimum Gasteiger partial charge on any atom is -0.462 e. The topological polar surface area (TPSA) is 99.6 Å². The first-order chi connectivity index (χ1) is 18.0. The number of ether oxygens (including phenoxy) is 2. The lowest BCUT2D eigenvalue weighted by Crippen LogP contribution is -2.55. The molecule has 2 unspecified atom stereocenters. The summed E-state index contributed by atoms with van der Waals surface area (Å²) in [7, 11) is 1.86. The zero-order valence-electron chi connectivity index (χ0n) is 22.8. The number of rotatable bonds is 5. The molecule has 2 aliphatic heterocycles. The number of esters is 1. The molecule has 0 radical (unpaired) electrons. The first kappa shape index (κ1) is 27.4. The Kier molecular flexibility index (Phi) is 7.97. The number of hydrogen-bond donors (Lipinski definition) is 1. The van der Waals surface area contributed by atoms with E-state index in [1.807, 2.05) is 57.0 Å². The maximum Gasteiger partial charge on any atom is 0.410 e. The summed E-state index contributed by atoms with van der Waals surface area (Å²) in [5.74, 6) is -0.675. The minimum atomic E-state index is -0.995. The molecule has 2 heterocycles. The summed E-state index contributed by atoms with van der Waals surface area (Å²) < 4.78 is 10.8. The summed E-state index contributed by atoms with van der Waals surface area (Å²) in [4.78, 5) is 44.1. The molecule has 38 heavy (non-hydrogen) atoms. The number of carbonyl (C=O) groups excluding carboxylic acids is 3. The third-order valence-electron chi connectivity index (χ3n) is 6.91. The van der Waals surface area contributed by atoms with Crippen molar-refractivity contribution in [3.63, 3.8) is 0 Å². The van der Waals surface area contributed by atoms with Crippen LogP contribution in [0.15, 0.2) is 42.5 Å². The van der Waals surface area contributed by atoms with Gasteiger partial charge in [-0.1, -0.05) is 24.3 Å². The predicted octanol–water partition coefficient (Wildman–Crippen LogP) is 3.48. The number of nitrogens with zero attached hydrogens (tertiary/aromatic N) is 3.